The van der Waals surface area contributed by atoms with Crippen LogP contribution in [0, 0.1) is 20.8 Å². The SMILES string of the molecule is Cc1cc2ncn(-c3nnc(C)c4ccccc34)c2cc1C. The van der Waals surface area contributed by atoms with E-state index in [1.165, 1.54) is 11.1 Å². The van der Waals surface area contributed by atoms with Crippen LogP contribution in [-0.2, 0) is 0 Å². The molecule has 0 radical (unpaired) electrons. The van der Waals surface area contributed by atoms with Gasteiger partial charge in [0.05, 0.1) is 16.7 Å². The van der Waals surface area contributed by atoms with Crippen molar-refractivity contribution in [3.05, 3.63) is 59.5 Å². The normalized spacial score (nSPS) is 11.4. The zero-order chi connectivity index (χ0) is 15.3. The van der Waals surface area contributed by atoms with E-state index >= 15 is 0 Å². The first-order chi connectivity index (χ1) is 10.6. The van der Waals surface area contributed by atoms with Crippen LogP contribution in [0.5, 0.6) is 0 Å². The summed E-state index contributed by atoms with van der Waals surface area (Å²) in [6.07, 6.45) is 1.83. The maximum Gasteiger partial charge on any atom is 0.168 e. The molecule has 0 spiro atoms. The third kappa shape index (κ3) is 1.80. The van der Waals surface area contributed by atoms with E-state index < -0.39 is 0 Å². The lowest BCUT2D eigenvalue weighted by Crippen LogP contribution is -2.01. The number of nitrogens with zero attached hydrogens (tertiary/aromatic N) is 4. The van der Waals surface area contributed by atoms with Crippen LogP contribution < -0.4 is 0 Å². The maximum atomic E-state index is 4.52. The van der Waals surface area contributed by atoms with Gasteiger partial charge in [-0.15, -0.1) is 5.10 Å². The van der Waals surface area contributed by atoms with Crippen LogP contribution in [0.1, 0.15) is 16.8 Å². The van der Waals surface area contributed by atoms with Gasteiger partial charge in [0.1, 0.15) is 6.33 Å². The van der Waals surface area contributed by atoms with Gasteiger partial charge in [-0.2, -0.15) is 5.10 Å². The Bertz CT molecular complexity index is 1010. The van der Waals surface area contributed by atoms with Crippen LogP contribution in [0.4, 0.5) is 0 Å². The number of aryl methyl sites for hydroxylation is 3. The smallest absolute Gasteiger partial charge is 0.168 e. The van der Waals surface area contributed by atoms with Crippen LogP contribution in [0.15, 0.2) is 42.7 Å². The van der Waals surface area contributed by atoms with Crippen LogP contribution in [-0.4, -0.2) is 19.7 Å². The summed E-state index contributed by atoms with van der Waals surface area (Å²) >= 11 is 0. The number of hydrogen-bond donors (Lipinski definition) is 0. The van der Waals surface area contributed by atoms with Crippen molar-refractivity contribution >= 4 is 21.8 Å². The quantitative estimate of drug-likeness (QED) is 0.533. The van der Waals surface area contributed by atoms with Crippen LogP contribution in [0.25, 0.3) is 27.6 Å². The van der Waals surface area contributed by atoms with E-state index in [4.69, 9.17) is 0 Å². The van der Waals surface area contributed by atoms with Gasteiger partial charge in [-0.1, -0.05) is 24.3 Å². The maximum absolute atomic E-state index is 4.52. The molecule has 22 heavy (non-hydrogen) atoms. The summed E-state index contributed by atoms with van der Waals surface area (Å²) in [5.41, 5.74) is 5.48. The minimum Gasteiger partial charge on any atom is -0.281 e. The predicted octanol–water partition coefficient (Wildman–Crippen LogP) is 3.89. The lowest BCUT2D eigenvalue weighted by molar-refractivity contribution is 0.924. The van der Waals surface area contributed by atoms with Crippen LogP contribution in [0.2, 0.25) is 0 Å². The Labute approximate surface area is 128 Å². The van der Waals surface area contributed by atoms with Gasteiger partial charge in [-0.3, -0.25) is 4.57 Å². The van der Waals surface area contributed by atoms with Crippen molar-refractivity contribution < 1.29 is 0 Å². The first-order valence-corrected chi connectivity index (χ1v) is 7.32. The molecule has 0 bridgehead atoms. The van der Waals surface area contributed by atoms with Crippen molar-refractivity contribution in [3.63, 3.8) is 0 Å². The fourth-order valence-corrected chi connectivity index (χ4v) is 2.83. The third-order valence-corrected chi connectivity index (χ3v) is 4.24. The molecule has 0 saturated carbocycles. The number of aromatic nitrogens is 4. The van der Waals surface area contributed by atoms with Gasteiger partial charge in [0.15, 0.2) is 5.82 Å². The van der Waals surface area contributed by atoms with Crippen LogP contribution >= 0.6 is 0 Å². The Balaban J connectivity index is 2.08. The molecule has 0 unspecified atom stereocenters. The average Bonchev–Trinajstić information content (AvgIpc) is 2.91. The van der Waals surface area contributed by atoms with E-state index in [9.17, 15) is 0 Å². The van der Waals surface area contributed by atoms with Crippen molar-refractivity contribution in [1.82, 2.24) is 19.7 Å². The van der Waals surface area contributed by atoms with E-state index in [-0.39, 0.29) is 0 Å². The Hall–Kier alpha value is -2.75. The largest absolute Gasteiger partial charge is 0.281 e. The Kier molecular flexibility index (Phi) is 2.73. The van der Waals surface area contributed by atoms with Crippen molar-refractivity contribution in [2.24, 2.45) is 0 Å². The van der Waals surface area contributed by atoms with Gasteiger partial charge in [-0.25, -0.2) is 4.98 Å². The molecule has 0 aliphatic heterocycles. The molecule has 4 heteroatoms. The van der Waals surface area contributed by atoms with Gasteiger partial charge in [0.25, 0.3) is 0 Å². The molecule has 0 fully saturated rings. The molecule has 0 atom stereocenters. The summed E-state index contributed by atoms with van der Waals surface area (Å²) in [6.45, 7) is 6.21. The van der Waals surface area contributed by atoms with E-state index in [1.54, 1.807) is 0 Å². The second-order valence-electron chi connectivity index (χ2n) is 5.69. The molecule has 0 amide bonds. The molecule has 2 aromatic heterocycles. The molecule has 2 aromatic carbocycles. The number of hydrogen-bond acceptors (Lipinski definition) is 3. The van der Waals surface area contributed by atoms with Crippen molar-refractivity contribution in [3.8, 4) is 5.82 Å². The minimum atomic E-state index is 0.826. The molecule has 108 valence electrons. The Morgan fingerprint density at radius 1 is 0.864 bits per heavy atom. The number of fused-ring (bicyclic) bond motifs is 2. The predicted molar refractivity (Wildman–Crippen MR) is 88.4 cm³/mol. The first-order valence-electron chi connectivity index (χ1n) is 7.32. The molecule has 0 saturated heterocycles. The van der Waals surface area contributed by atoms with Gasteiger partial charge in [0, 0.05) is 10.8 Å². The first kappa shape index (κ1) is 13.0. The summed E-state index contributed by atoms with van der Waals surface area (Å²) in [5.74, 6) is 0.826. The standard InChI is InChI=1S/C18H16N4/c1-11-8-16-17(9-12(11)2)22(10-19-16)18-15-7-5-4-6-14(15)13(3)20-21-18/h4-10H,1-3H3. The number of benzene rings is 2. The fraction of sp³-hybridized carbons (Fsp3) is 0.167. The highest BCUT2D eigenvalue weighted by atomic mass is 15.2. The molecular formula is C18H16N4. The van der Waals surface area contributed by atoms with Gasteiger partial charge < -0.3 is 0 Å². The second-order valence-corrected chi connectivity index (χ2v) is 5.69. The summed E-state index contributed by atoms with van der Waals surface area (Å²) in [5, 5.41) is 10.9. The minimum absolute atomic E-state index is 0.826. The summed E-state index contributed by atoms with van der Waals surface area (Å²) in [7, 11) is 0. The summed E-state index contributed by atoms with van der Waals surface area (Å²) < 4.78 is 2.02. The molecule has 4 rings (SSSR count). The zero-order valence-corrected chi connectivity index (χ0v) is 12.8. The van der Waals surface area contributed by atoms with Crippen LogP contribution in [0.3, 0.4) is 0 Å². The number of rotatable bonds is 1. The van der Waals surface area contributed by atoms with E-state index in [2.05, 4.69) is 53.3 Å². The molecule has 2 heterocycles. The zero-order valence-electron chi connectivity index (χ0n) is 12.8. The second kappa shape index (κ2) is 4.63. The molecule has 4 aromatic rings. The van der Waals surface area contributed by atoms with Gasteiger partial charge >= 0.3 is 0 Å². The Morgan fingerprint density at radius 2 is 1.59 bits per heavy atom. The molecule has 4 nitrogen and oxygen atoms in total. The molecular weight excluding hydrogens is 272 g/mol. The van der Waals surface area contributed by atoms with Crippen molar-refractivity contribution in [2.45, 2.75) is 20.8 Å². The van der Waals surface area contributed by atoms with E-state index in [0.717, 1.165) is 33.3 Å². The topological polar surface area (TPSA) is 43.6 Å². The van der Waals surface area contributed by atoms with Gasteiger partial charge in [0.2, 0.25) is 0 Å². The highest BCUT2D eigenvalue weighted by molar-refractivity contribution is 5.91. The third-order valence-electron chi connectivity index (χ3n) is 4.24. The monoisotopic (exact) mass is 288 g/mol. The number of imidazole rings is 1. The highest BCUT2D eigenvalue weighted by Crippen LogP contribution is 2.26. The van der Waals surface area contributed by atoms with E-state index in [0.29, 0.717) is 0 Å². The van der Waals surface area contributed by atoms with E-state index in [1.807, 2.05) is 30.0 Å². The van der Waals surface area contributed by atoms with Crippen molar-refractivity contribution in [2.75, 3.05) is 0 Å². The lowest BCUT2D eigenvalue weighted by Gasteiger charge is -2.09. The highest BCUT2D eigenvalue weighted by Gasteiger charge is 2.12. The Morgan fingerprint density at radius 3 is 2.41 bits per heavy atom. The summed E-state index contributed by atoms with van der Waals surface area (Å²) in [4.78, 5) is 4.52. The molecule has 0 N–H and O–H groups in total. The van der Waals surface area contributed by atoms with Gasteiger partial charge in [-0.05, 0) is 44.0 Å². The molecule has 0 aliphatic rings. The summed E-state index contributed by atoms with van der Waals surface area (Å²) in [6, 6.07) is 12.5. The fourth-order valence-electron chi connectivity index (χ4n) is 2.83. The van der Waals surface area contributed by atoms with Crippen molar-refractivity contribution in [1.29, 1.82) is 0 Å². The lowest BCUT2D eigenvalue weighted by atomic mass is 10.1. The molecule has 0 aliphatic carbocycles. The average molecular weight is 288 g/mol.